The van der Waals surface area contributed by atoms with Gasteiger partial charge in [0.15, 0.2) is 0 Å². The van der Waals surface area contributed by atoms with Gasteiger partial charge in [0.1, 0.15) is 23.7 Å². The number of aromatic nitrogens is 1. The monoisotopic (exact) mass is 946 g/mol. The van der Waals surface area contributed by atoms with Crippen molar-refractivity contribution in [1.82, 2.24) is 15.0 Å². The van der Waals surface area contributed by atoms with Crippen LogP contribution in [0, 0.1) is 24.1 Å². The number of nitriles is 1. The number of sulfonamides is 1. The first-order chi connectivity index (χ1) is 30.4. The second-order valence-electron chi connectivity index (χ2n) is 14.8. The fourth-order valence-corrected chi connectivity index (χ4v) is 9.19. The first-order valence-electron chi connectivity index (χ1n) is 19.7. The normalized spacial score (nSPS) is 16.8. The number of alkyl halides is 2. The summed E-state index contributed by atoms with van der Waals surface area (Å²) in [4.78, 5) is 48.0. The zero-order chi connectivity index (χ0) is 46.2. The van der Waals surface area contributed by atoms with Gasteiger partial charge in [-0.25, -0.2) is 31.3 Å². The lowest BCUT2D eigenvalue weighted by Crippen LogP contribution is -2.56. The highest BCUT2D eigenvalue weighted by Crippen LogP contribution is 2.40. The van der Waals surface area contributed by atoms with E-state index in [1.807, 2.05) is 13.0 Å². The highest BCUT2D eigenvalue weighted by molar-refractivity contribution is 7.89. The van der Waals surface area contributed by atoms with Gasteiger partial charge in [-0.3, -0.25) is 28.4 Å². The number of nitrogens with zero attached hydrogens (tertiary/aromatic N) is 4. The molecule has 64 heavy (non-hydrogen) atoms. The zero-order valence-electron chi connectivity index (χ0n) is 34.1. The maximum absolute atomic E-state index is 15.7. The predicted molar refractivity (Wildman–Crippen MR) is 225 cm³/mol. The number of ether oxygens (including phenoxy) is 2. The van der Waals surface area contributed by atoms with Gasteiger partial charge in [0, 0.05) is 54.3 Å². The van der Waals surface area contributed by atoms with Crippen LogP contribution in [0.25, 0.3) is 0 Å². The maximum Gasteiger partial charge on any atom is 0.297 e. The maximum atomic E-state index is 15.7. The molecule has 6 rings (SSSR count). The van der Waals surface area contributed by atoms with Crippen LogP contribution in [0.5, 0.6) is 0 Å². The quantitative estimate of drug-likeness (QED) is 0.0890. The molecule has 2 heterocycles. The number of rotatable bonds is 20. The van der Waals surface area contributed by atoms with Crippen LogP contribution >= 0.6 is 11.6 Å². The number of benzene rings is 3. The van der Waals surface area contributed by atoms with E-state index in [9.17, 15) is 40.5 Å². The van der Waals surface area contributed by atoms with Crippen molar-refractivity contribution < 1.29 is 58.0 Å². The van der Waals surface area contributed by atoms with E-state index in [1.54, 1.807) is 12.1 Å². The van der Waals surface area contributed by atoms with Gasteiger partial charge in [0.25, 0.3) is 21.9 Å². The Morgan fingerprint density at radius 2 is 1.66 bits per heavy atom. The Labute approximate surface area is 372 Å². The molecule has 1 saturated carbocycles. The van der Waals surface area contributed by atoms with Gasteiger partial charge < -0.3 is 14.8 Å². The third-order valence-corrected chi connectivity index (χ3v) is 13.2. The molecular weight excluding hydrogens is 905 g/mol. The molecule has 4 aromatic rings. The number of hydrogen-bond acceptors (Lipinski definition) is 12. The molecule has 0 bridgehead atoms. The van der Waals surface area contributed by atoms with E-state index in [1.165, 1.54) is 54.7 Å². The van der Waals surface area contributed by atoms with Crippen molar-refractivity contribution in [3.05, 3.63) is 113 Å². The van der Waals surface area contributed by atoms with Crippen molar-refractivity contribution in [2.24, 2.45) is 0 Å². The Morgan fingerprint density at radius 3 is 2.34 bits per heavy atom. The van der Waals surface area contributed by atoms with Gasteiger partial charge in [0.05, 0.1) is 54.5 Å². The summed E-state index contributed by atoms with van der Waals surface area (Å²) < 4.78 is 113. The highest BCUT2D eigenvalue weighted by atomic mass is 35.5. The molecular formula is C42H42ClF3N6O10S2. The van der Waals surface area contributed by atoms with E-state index in [4.69, 9.17) is 25.3 Å². The summed E-state index contributed by atoms with van der Waals surface area (Å²) in [5.41, 5.74) is 0.493. The fourth-order valence-electron chi connectivity index (χ4n) is 7.00. The minimum absolute atomic E-state index is 0.000158. The molecule has 22 heteroatoms. The number of halogens is 4. The van der Waals surface area contributed by atoms with Crippen LogP contribution in [0.4, 0.5) is 24.7 Å². The number of amides is 3. The lowest BCUT2D eigenvalue weighted by Gasteiger charge is -2.39. The molecule has 1 saturated heterocycles. The lowest BCUT2D eigenvalue weighted by molar-refractivity contribution is -0.133. The van der Waals surface area contributed by atoms with Gasteiger partial charge in [-0.2, -0.15) is 13.7 Å². The van der Waals surface area contributed by atoms with Crippen molar-refractivity contribution in [3.8, 4) is 6.07 Å². The van der Waals surface area contributed by atoms with Crippen LogP contribution < -0.4 is 19.8 Å². The first kappa shape index (κ1) is 48.0. The zero-order valence-corrected chi connectivity index (χ0v) is 36.5. The molecule has 2 aliphatic rings. The summed E-state index contributed by atoms with van der Waals surface area (Å²) in [6, 6.07) is 14.6. The van der Waals surface area contributed by atoms with Crippen LogP contribution in [0.1, 0.15) is 48.4 Å². The molecule has 0 spiro atoms. The molecule has 3 amide bonds. The Balaban J connectivity index is 1.20. The molecule has 1 aliphatic carbocycles. The summed E-state index contributed by atoms with van der Waals surface area (Å²) in [6.45, 7) is 0.948. The van der Waals surface area contributed by atoms with E-state index in [0.29, 0.717) is 6.07 Å². The Morgan fingerprint density at radius 1 is 0.969 bits per heavy atom. The summed E-state index contributed by atoms with van der Waals surface area (Å²) in [7, 11) is -8.55. The van der Waals surface area contributed by atoms with Crippen LogP contribution in [-0.4, -0.2) is 97.1 Å². The van der Waals surface area contributed by atoms with Crippen LogP contribution in [0.3, 0.4) is 0 Å². The summed E-state index contributed by atoms with van der Waals surface area (Å²) in [5, 5.41) is 12.0. The molecule has 1 aromatic heterocycles. The van der Waals surface area contributed by atoms with Crippen molar-refractivity contribution in [2.45, 2.75) is 66.4 Å². The minimum atomic E-state index is -4.57. The summed E-state index contributed by atoms with van der Waals surface area (Å²) >= 11 is 6.60. The van der Waals surface area contributed by atoms with Crippen molar-refractivity contribution in [3.63, 3.8) is 0 Å². The highest BCUT2D eigenvalue weighted by Gasteiger charge is 2.49. The van der Waals surface area contributed by atoms with E-state index < -0.39 is 91.2 Å². The summed E-state index contributed by atoms with van der Waals surface area (Å²) in [6.07, 6.45) is -0.472. The smallest absolute Gasteiger partial charge is 0.297 e. The molecule has 3 aromatic carbocycles. The van der Waals surface area contributed by atoms with Crippen LogP contribution in [0.15, 0.2) is 94.9 Å². The predicted octanol–water partition coefficient (Wildman–Crippen LogP) is 4.96. The third kappa shape index (κ3) is 11.8. The second-order valence-corrected chi connectivity index (χ2v) is 18.6. The molecule has 1 aliphatic heterocycles. The van der Waals surface area contributed by atoms with Gasteiger partial charge >= 0.3 is 0 Å². The molecule has 1 unspecified atom stereocenters. The van der Waals surface area contributed by atoms with Gasteiger partial charge in [-0.05, 0) is 61.9 Å². The molecule has 16 nitrogen and oxygen atoms in total. The average molecular weight is 947 g/mol. The number of carbonyl (C=O) groups is 3. The van der Waals surface area contributed by atoms with E-state index in [2.05, 4.69) is 15.0 Å². The number of hydrogen-bond donors (Lipinski definition) is 2. The average Bonchev–Trinajstić information content (AvgIpc) is 3.63. The molecule has 2 N–H and O–H groups in total. The first-order valence-corrected chi connectivity index (χ1v) is 23.0. The van der Waals surface area contributed by atoms with E-state index in [0.717, 1.165) is 27.5 Å². The number of carbonyl (C=O) groups excluding carboxylic acids is 3. The van der Waals surface area contributed by atoms with Crippen molar-refractivity contribution >= 4 is 61.0 Å². The van der Waals surface area contributed by atoms with E-state index >= 15 is 9.18 Å². The second kappa shape index (κ2) is 20.6. The molecule has 0 radical (unpaired) electrons. The lowest BCUT2D eigenvalue weighted by atomic mass is 9.87. The third-order valence-electron chi connectivity index (χ3n) is 10.1. The molecule has 2 atom stereocenters. The van der Waals surface area contributed by atoms with Crippen molar-refractivity contribution in [2.75, 3.05) is 49.4 Å². The SMILES string of the molecule is Cc1ccc(S(=O)(=O)OCCOCCOCCNS(=O)(=O)c2cc(F)cc(N(C(=O)[C@@H]3CCC(=O)N3c3cc(C#N)ccn3)C(C(=O)NC3CC(F)(F)C3)c3ccccc3Cl)c2)cc1. The van der Waals surface area contributed by atoms with Crippen LogP contribution in [-0.2, 0) is 48.2 Å². The van der Waals surface area contributed by atoms with Gasteiger partial charge in [-0.15, -0.1) is 0 Å². The largest absolute Gasteiger partial charge is 0.378 e. The fraction of sp³-hybridized carbons (Fsp3) is 0.357. The molecule has 340 valence electrons. The van der Waals surface area contributed by atoms with Gasteiger partial charge in [0.2, 0.25) is 21.8 Å². The topological polar surface area (TPSA) is 214 Å². The Bertz CT molecular complexity index is 2630. The number of pyridine rings is 1. The minimum Gasteiger partial charge on any atom is -0.378 e. The standard InChI is InChI=1S/C42H42ClF3N6O10S2/c1-27-6-8-32(9-7-27)64(58,59)62-19-18-61-17-16-60-15-14-49-63(56,57)33-22-29(44)21-31(23-33)51(41(55)36-10-11-38(53)52(36)37-20-28(26-47)12-13-48-37)39(34-4-2-3-5-35(34)43)40(54)50-30-24-42(45,46)25-30/h2-9,12-13,20-23,30,36,39,49H,10-11,14-19,24-25H2,1H3,(H,50,54)/t36-,39?/m0/s1. The van der Waals surface area contributed by atoms with Gasteiger partial charge in [-0.1, -0.05) is 47.5 Å². The number of nitrogens with one attached hydrogen (secondary N) is 2. The van der Waals surface area contributed by atoms with Crippen molar-refractivity contribution in [1.29, 1.82) is 5.26 Å². The summed E-state index contributed by atoms with van der Waals surface area (Å²) in [5.74, 6) is -6.86. The molecule has 2 fully saturated rings. The Hall–Kier alpha value is -5.47. The Kier molecular flexibility index (Phi) is 15.4. The number of aryl methyl sites for hydroxylation is 1. The van der Waals surface area contributed by atoms with Crippen LogP contribution in [0.2, 0.25) is 5.02 Å². The number of anilines is 2. The van der Waals surface area contributed by atoms with E-state index in [-0.39, 0.29) is 79.3 Å².